The van der Waals surface area contributed by atoms with Gasteiger partial charge in [-0.25, -0.2) is 8.78 Å². The lowest BCUT2D eigenvalue weighted by Crippen LogP contribution is -2.11. The molecule has 0 heterocycles. The number of hydrogen-bond donors (Lipinski definition) is 0. The van der Waals surface area contributed by atoms with Gasteiger partial charge in [-0.05, 0) is 17.4 Å². The number of carbonyl (C=O) groups is 1. The first-order valence-corrected chi connectivity index (χ1v) is 8.09. The predicted octanol–water partition coefficient (Wildman–Crippen LogP) is 5.91. The van der Waals surface area contributed by atoms with Gasteiger partial charge in [0.1, 0.15) is 22.7 Å². The lowest BCUT2D eigenvalue weighted by atomic mass is 10.1. The van der Waals surface area contributed by atoms with Crippen molar-refractivity contribution in [1.29, 1.82) is 0 Å². The van der Waals surface area contributed by atoms with E-state index < -0.39 is 30.1 Å². The molecule has 0 unspecified atom stereocenters. The molecule has 2 rings (SSSR count). The van der Waals surface area contributed by atoms with Crippen LogP contribution in [0.1, 0.15) is 19.4 Å². The van der Waals surface area contributed by atoms with Gasteiger partial charge in [0.15, 0.2) is 0 Å². The van der Waals surface area contributed by atoms with Crippen molar-refractivity contribution in [1.82, 2.24) is 0 Å². The normalized spacial score (nSPS) is 21.7. The second-order valence-corrected chi connectivity index (χ2v) is 7.60. The number of carbonyl (C=O) groups excluding carboxylic acids is 1. The van der Waals surface area contributed by atoms with Crippen molar-refractivity contribution >= 4 is 52.4 Å². The van der Waals surface area contributed by atoms with Crippen LogP contribution in [-0.4, -0.2) is 5.97 Å². The van der Waals surface area contributed by atoms with Crippen LogP contribution in [0.3, 0.4) is 0 Å². The van der Waals surface area contributed by atoms with E-state index in [1.807, 2.05) is 13.8 Å². The Morgan fingerprint density at radius 3 is 2.26 bits per heavy atom. The second-order valence-electron chi connectivity index (χ2n) is 5.84. The molecule has 126 valence electrons. The van der Waals surface area contributed by atoms with Gasteiger partial charge in [0.25, 0.3) is 0 Å². The minimum atomic E-state index is -0.971. The predicted molar refractivity (Wildman–Crippen MR) is 86.7 cm³/mol. The number of esters is 1. The molecule has 8 heteroatoms. The van der Waals surface area contributed by atoms with Crippen LogP contribution in [0.5, 0.6) is 0 Å². The smallest absolute Gasteiger partial charge is 0.310 e. The molecule has 1 aromatic rings. The number of ether oxygens (including phenoxy) is 1. The van der Waals surface area contributed by atoms with Gasteiger partial charge in [-0.1, -0.05) is 60.3 Å². The highest BCUT2D eigenvalue weighted by Crippen LogP contribution is 2.60. The molecular formula is C15H12Cl4F2O2. The third-order valence-electron chi connectivity index (χ3n) is 4.03. The third kappa shape index (κ3) is 3.76. The zero-order chi connectivity index (χ0) is 17.5. The van der Waals surface area contributed by atoms with Crippen molar-refractivity contribution in [3.63, 3.8) is 0 Å². The standard InChI is InChI=1S/C15H12Cl4F2O2/c1-15(2)7(3-10(16)17)11(15)14(22)23-5-6-12(18)8(20)4-9(21)13(6)19/h3-4,7,11H,5H2,1-2H3/t7-,11+/m1/s1. The Hall–Kier alpha value is -0.550. The first kappa shape index (κ1) is 18.8. The van der Waals surface area contributed by atoms with Gasteiger partial charge in [-0.3, -0.25) is 4.79 Å². The molecule has 0 spiro atoms. The third-order valence-corrected chi connectivity index (χ3v) is 5.10. The summed E-state index contributed by atoms with van der Waals surface area (Å²) in [7, 11) is 0. The molecule has 1 fully saturated rings. The van der Waals surface area contributed by atoms with Crippen LogP contribution in [0.15, 0.2) is 16.6 Å². The average Bonchev–Trinajstić information content (AvgIpc) is 2.96. The van der Waals surface area contributed by atoms with E-state index in [0.29, 0.717) is 6.07 Å². The van der Waals surface area contributed by atoms with Crippen LogP contribution in [-0.2, 0) is 16.1 Å². The molecule has 0 radical (unpaired) electrons. The van der Waals surface area contributed by atoms with Gasteiger partial charge in [0, 0.05) is 11.6 Å². The number of halogens is 6. The number of hydrogen-bond acceptors (Lipinski definition) is 2. The summed E-state index contributed by atoms with van der Waals surface area (Å²) < 4.78 is 32.1. The molecule has 0 N–H and O–H groups in total. The van der Waals surface area contributed by atoms with E-state index in [1.54, 1.807) is 6.08 Å². The van der Waals surface area contributed by atoms with E-state index >= 15 is 0 Å². The summed E-state index contributed by atoms with van der Waals surface area (Å²) in [4.78, 5) is 12.2. The average molecular weight is 404 g/mol. The summed E-state index contributed by atoms with van der Waals surface area (Å²) >= 11 is 22.7. The van der Waals surface area contributed by atoms with Crippen molar-refractivity contribution in [2.75, 3.05) is 0 Å². The molecule has 1 aliphatic carbocycles. The van der Waals surface area contributed by atoms with Crippen molar-refractivity contribution in [3.8, 4) is 0 Å². The zero-order valence-electron chi connectivity index (χ0n) is 12.1. The van der Waals surface area contributed by atoms with Crippen LogP contribution in [0, 0.1) is 28.9 Å². The fourth-order valence-corrected chi connectivity index (χ4v) is 3.28. The van der Waals surface area contributed by atoms with Crippen LogP contribution in [0.2, 0.25) is 10.0 Å². The summed E-state index contributed by atoms with van der Waals surface area (Å²) in [6.07, 6.45) is 1.57. The molecule has 0 aromatic heterocycles. The Bertz CT molecular complexity index is 658. The molecule has 1 aromatic carbocycles. The minimum absolute atomic E-state index is 0.0664. The maximum absolute atomic E-state index is 13.4. The Kier molecular flexibility index (Phi) is 5.51. The summed E-state index contributed by atoms with van der Waals surface area (Å²) in [5.74, 6) is -3.11. The van der Waals surface area contributed by atoms with Crippen molar-refractivity contribution < 1.29 is 18.3 Å². The van der Waals surface area contributed by atoms with Gasteiger partial charge >= 0.3 is 5.97 Å². The van der Waals surface area contributed by atoms with Crippen LogP contribution in [0.4, 0.5) is 8.78 Å². The van der Waals surface area contributed by atoms with Gasteiger partial charge in [0.2, 0.25) is 0 Å². The molecule has 1 aliphatic rings. The fraction of sp³-hybridized carbons (Fsp3) is 0.400. The summed E-state index contributed by atoms with van der Waals surface area (Å²) in [5, 5.41) is -0.751. The highest BCUT2D eigenvalue weighted by atomic mass is 35.5. The van der Waals surface area contributed by atoms with E-state index in [0.717, 1.165) is 0 Å². The molecule has 2 nitrogen and oxygen atoms in total. The van der Waals surface area contributed by atoms with Crippen molar-refractivity contribution in [3.05, 3.63) is 43.9 Å². The molecule has 0 saturated heterocycles. The number of rotatable bonds is 4. The van der Waals surface area contributed by atoms with Crippen LogP contribution < -0.4 is 0 Å². The van der Waals surface area contributed by atoms with Gasteiger partial charge in [-0.2, -0.15) is 0 Å². The van der Waals surface area contributed by atoms with Gasteiger partial charge < -0.3 is 4.74 Å². The Morgan fingerprint density at radius 1 is 1.26 bits per heavy atom. The largest absolute Gasteiger partial charge is 0.460 e. The topological polar surface area (TPSA) is 26.3 Å². The monoisotopic (exact) mass is 402 g/mol. The van der Waals surface area contributed by atoms with Gasteiger partial charge in [0.05, 0.1) is 16.0 Å². The molecule has 0 bridgehead atoms. The minimum Gasteiger partial charge on any atom is -0.460 e. The highest BCUT2D eigenvalue weighted by molar-refractivity contribution is 6.55. The molecule has 23 heavy (non-hydrogen) atoms. The Labute approximate surface area is 152 Å². The van der Waals surface area contributed by atoms with Crippen molar-refractivity contribution in [2.24, 2.45) is 17.3 Å². The molecule has 2 atom stereocenters. The Morgan fingerprint density at radius 2 is 1.78 bits per heavy atom. The summed E-state index contributed by atoms with van der Waals surface area (Å²) in [6.45, 7) is 3.29. The van der Waals surface area contributed by atoms with Crippen LogP contribution >= 0.6 is 46.4 Å². The van der Waals surface area contributed by atoms with E-state index in [9.17, 15) is 13.6 Å². The molecule has 1 saturated carbocycles. The van der Waals surface area contributed by atoms with E-state index in [4.69, 9.17) is 51.1 Å². The second kappa shape index (κ2) is 6.75. The Balaban J connectivity index is 2.11. The van der Waals surface area contributed by atoms with E-state index in [1.165, 1.54) is 0 Å². The summed E-state index contributed by atoms with van der Waals surface area (Å²) in [6, 6.07) is 0.573. The first-order valence-electron chi connectivity index (χ1n) is 6.58. The maximum atomic E-state index is 13.4. The molecule has 0 aliphatic heterocycles. The summed E-state index contributed by atoms with van der Waals surface area (Å²) in [5.41, 5.74) is -0.479. The quantitative estimate of drug-likeness (QED) is 0.461. The van der Waals surface area contributed by atoms with Crippen LogP contribution in [0.25, 0.3) is 0 Å². The maximum Gasteiger partial charge on any atom is 0.310 e. The van der Waals surface area contributed by atoms with Crippen molar-refractivity contribution in [2.45, 2.75) is 20.5 Å². The number of benzene rings is 1. The van der Waals surface area contributed by atoms with E-state index in [2.05, 4.69) is 0 Å². The SMILES string of the molecule is CC1(C)[C@H](C=C(Cl)Cl)[C@H]1C(=O)OCc1c(Cl)c(F)cc(F)c1Cl. The number of allylic oxidation sites excluding steroid dienone is 1. The highest BCUT2D eigenvalue weighted by Gasteiger charge is 2.61. The zero-order valence-corrected chi connectivity index (χ0v) is 15.1. The fourth-order valence-electron chi connectivity index (χ4n) is 2.56. The van der Waals surface area contributed by atoms with E-state index in [-0.39, 0.29) is 31.4 Å². The molecular weight excluding hydrogens is 392 g/mol. The lowest BCUT2D eigenvalue weighted by Gasteiger charge is -2.10. The first-order chi connectivity index (χ1) is 10.6. The molecule has 0 amide bonds. The lowest BCUT2D eigenvalue weighted by molar-refractivity contribution is -0.147. The van der Waals surface area contributed by atoms with Gasteiger partial charge in [-0.15, -0.1) is 0 Å².